The van der Waals surface area contributed by atoms with Gasteiger partial charge in [-0.05, 0) is 36.8 Å². The first-order valence-corrected chi connectivity index (χ1v) is 10.1. The maximum Gasteiger partial charge on any atom is 0.300 e. The monoisotopic (exact) mass is 406 g/mol. The van der Waals surface area contributed by atoms with Crippen molar-refractivity contribution in [1.29, 1.82) is 0 Å². The largest absolute Gasteiger partial charge is 0.438 e. The van der Waals surface area contributed by atoms with E-state index in [1.54, 1.807) is 11.6 Å². The van der Waals surface area contributed by atoms with Gasteiger partial charge in [0.1, 0.15) is 0 Å². The molecule has 0 unspecified atom stereocenters. The van der Waals surface area contributed by atoms with Crippen molar-refractivity contribution in [2.45, 2.75) is 16.9 Å². The molecule has 0 aliphatic carbocycles. The van der Waals surface area contributed by atoms with E-state index in [0.29, 0.717) is 5.56 Å². The van der Waals surface area contributed by atoms with Gasteiger partial charge in [-0.15, -0.1) is 0 Å². The smallest absolute Gasteiger partial charge is 0.300 e. The molecule has 0 saturated carbocycles. The summed E-state index contributed by atoms with van der Waals surface area (Å²) in [7, 11) is -5.48. The summed E-state index contributed by atoms with van der Waals surface area (Å²) in [4.78, 5) is 11.9. The summed E-state index contributed by atoms with van der Waals surface area (Å²) in [6.07, 6.45) is 0. The van der Waals surface area contributed by atoms with Crippen molar-refractivity contribution in [1.82, 2.24) is 9.03 Å². The maximum atomic E-state index is 12.2. The van der Waals surface area contributed by atoms with E-state index in [0.717, 1.165) is 16.4 Å². The van der Waals surface area contributed by atoms with Crippen LogP contribution in [0.1, 0.15) is 16.1 Å². The number of aryl methyl sites for hydroxylation is 1. The summed E-state index contributed by atoms with van der Waals surface area (Å²) in [5.74, 6) is -1.56. The molecule has 1 N–H and O–H groups in total. The first-order chi connectivity index (χ1) is 11.4. The molecule has 2 rings (SSSR count). The molecule has 1 aromatic carbocycles. The first-order valence-electron chi connectivity index (χ1n) is 6.81. The SMILES string of the molecule is Cc1ccc(S(=O)(=O)NC(=O)c2ccc(S(=O)(=O)N(C)C)o2)cc1Cl. The van der Waals surface area contributed by atoms with Gasteiger partial charge in [0.2, 0.25) is 5.09 Å². The Kier molecular flexibility index (Phi) is 5.28. The van der Waals surface area contributed by atoms with Crippen LogP contribution in [-0.4, -0.2) is 41.1 Å². The zero-order valence-electron chi connectivity index (χ0n) is 13.5. The molecule has 0 spiro atoms. The van der Waals surface area contributed by atoms with Gasteiger partial charge >= 0.3 is 5.91 Å². The Labute approximate surface area is 150 Å². The lowest BCUT2D eigenvalue weighted by Crippen LogP contribution is -2.30. The summed E-state index contributed by atoms with van der Waals surface area (Å²) >= 11 is 5.89. The average molecular weight is 407 g/mol. The number of carbonyl (C=O) groups is 1. The number of benzene rings is 1. The highest BCUT2D eigenvalue weighted by Crippen LogP contribution is 2.21. The molecule has 0 fully saturated rings. The summed E-state index contributed by atoms with van der Waals surface area (Å²) in [5.41, 5.74) is 0.677. The Balaban J connectivity index is 2.28. The molecule has 1 heterocycles. The number of hydrogen-bond acceptors (Lipinski definition) is 6. The van der Waals surface area contributed by atoms with Crippen molar-refractivity contribution in [2.75, 3.05) is 14.1 Å². The molecule has 8 nitrogen and oxygen atoms in total. The van der Waals surface area contributed by atoms with Crippen molar-refractivity contribution < 1.29 is 26.0 Å². The van der Waals surface area contributed by atoms with Crippen LogP contribution in [0.4, 0.5) is 0 Å². The molecule has 0 saturated heterocycles. The van der Waals surface area contributed by atoms with Crippen LogP contribution in [-0.2, 0) is 20.0 Å². The number of halogens is 1. The van der Waals surface area contributed by atoms with Crippen LogP contribution in [0.3, 0.4) is 0 Å². The predicted molar refractivity (Wildman–Crippen MR) is 90.4 cm³/mol. The second kappa shape index (κ2) is 6.79. The third-order valence-electron chi connectivity index (χ3n) is 3.22. The molecule has 0 atom stereocenters. The van der Waals surface area contributed by atoms with Crippen molar-refractivity contribution in [3.05, 3.63) is 46.7 Å². The number of rotatable bonds is 5. The lowest BCUT2D eigenvalue weighted by atomic mass is 10.2. The van der Waals surface area contributed by atoms with E-state index < -0.39 is 36.8 Å². The van der Waals surface area contributed by atoms with E-state index >= 15 is 0 Å². The molecule has 0 aliphatic heterocycles. The highest BCUT2D eigenvalue weighted by atomic mass is 35.5. The Bertz CT molecular complexity index is 1030. The van der Waals surface area contributed by atoms with E-state index in [4.69, 9.17) is 16.0 Å². The molecular formula is C14H15ClN2O6S2. The van der Waals surface area contributed by atoms with Gasteiger partial charge in [0.05, 0.1) is 4.90 Å². The Morgan fingerprint density at radius 2 is 1.76 bits per heavy atom. The third-order valence-corrected chi connectivity index (χ3v) is 6.65. The number of nitrogens with one attached hydrogen (secondary N) is 1. The quantitative estimate of drug-likeness (QED) is 0.806. The molecule has 136 valence electrons. The molecule has 0 aliphatic rings. The van der Waals surface area contributed by atoms with Crippen LogP contribution in [0.25, 0.3) is 0 Å². The van der Waals surface area contributed by atoms with Gasteiger partial charge in [0.25, 0.3) is 20.0 Å². The Hall–Kier alpha value is -1.88. The predicted octanol–water partition coefficient (Wildman–Crippen LogP) is 1.61. The Morgan fingerprint density at radius 1 is 1.12 bits per heavy atom. The number of amides is 1. The standard InChI is InChI=1S/C14H15ClN2O6S2/c1-9-4-5-10(8-11(9)15)24(19,20)16-14(18)12-6-7-13(23-12)25(21,22)17(2)3/h4-8H,1-3H3,(H,16,18). The van der Waals surface area contributed by atoms with E-state index in [9.17, 15) is 21.6 Å². The number of nitrogens with zero attached hydrogens (tertiary/aromatic N) is 1. The fourth-order valence-electron chi connectivity index (χ4n) is 1.73. The van der Waals surface area contributed by atoms with Gasteiger partial charge in [-0.2, -0.15) is 0 Å². The molecule has 0 radical (unpaired) electrons. The number of hydrogen-bond donors (Lipinski definition) is 1. The van der Waals surface area contributed by atoms with Gasteiger partial charge in [0.15, 0.2) is 5.76 Å². The highest BCUT2D eigenvalue weighted by Gasteiger charge is 2.26. The van der Waals surface area contributed by atoms with Crippen LogP contribution < -0.4 is 4.72 Å². The van der Waals surface area contributed by atoms with Gasteiger partial charge < -0.3 is 4.42 Å². The summed E-state index contributed by atoms with van der Waals surface area (Å²) in [6.45, 7) is 1.70. The zero-order valence-corrected chi connectivity index (χ0v) is 15.9. The fraction of sp³-hybridized carbons (Fsp3) is 0.214. The molecule has 25 heavy (non-hydrogen) atoms. The minimum Gasteiger partial charge on any atom is -0.438 e. The van der Waals surface area contributed by atoms with Gasteiger partial charge in [-0.3, -0.25) is 4.79 Å². The van der Waals surface area contributed by atoms with Gasteiger partial charge in [-0.25, -0.2) is 25.9 Å². The maximum absolute atomic E-state index is 12.2. The van der Waals surface area contributed by atoms with Crippen LogP contribution in [0.5, 0.6) is 0 Å². The lowest BCUT2D eigenvalue weighted by Gasteiger charge is -2.08. The molecule has 11 heteroatoms. The van der Waals surface area contributed by atoms with Crippen LogP contribution >= 0.6 is 11.6 Å². The van der Waals surface area contributed by atoms with Gasteiger partial charge in [0, 0.05) is 19.1 Å². The second-order valence-electron chi connectivity index (χ2n) is 5.25. The minimum absolute atomic E-state index is 0.204. The minimum atomic E-state index is -4.19. The molecule has 1 amide bonds. The molecule has 0 bridgehead atoms. The van der Waals surface area contributed by atoms with E-state index in [1.807, 2.05) is 0 Å². The number of furan rings is 1. The van der Waals surface area contributed by atoms with Crippen molar-refractivity contribution >= 4 is 37.6 Å². The number of carbonyl (C=O) groups excluding carboxylic acids is 1. The van der Waals surface area contributed by atoms with Crippen LogP contribution in [0, 0.1) is 6.92 Å². The molecular weight excluding hydrogens is 392 g/mol. The van der Waals surface area contributed by atoms with Crippen LogP contribution in [0.15, 0.2) is 44.7 Å². The summed E-state index contributed by atoms with van der Waals surface area (Å²) in [6, 6.07) is 6.14. The number of sulfonamides is 2. The van der Waals surface area contributed by atoms with E-state index in [1.165, 1.54) is 32.3 Å². The normalized spacial score (nSPS) is 12.4. The third kappa shape index (κ3) is 4.03. The van der Waals surface area contributed by atoms with Crippen LogP contribution in [0.2, 0.25) is 5.02 Å². The fourth-order valence-corrected chi connectivity index (χ4v) is 3.76. The second-order valence-corrected chi connectivity index (χ2v) is 9.42. The van der Waals surface area contributed by atoms with Crippen molar-refractivity contribution in [2.24, 2.45) is 0 Å². The molecule has 2 aromatic rings. The summed E-state index contributed by atoms with van der Waals surface area (Å²) < 4.78 is 56.0. The summed E-state index contributed by atoms with van der Waals surface area (Å²) in [5, 5.41) is -0.244. The topological polar surface area (TPSA) is 114 Å². The highest BCUT2D eigenvalue weighted by molar-refractivity contribution is 7.90. The zero-order chi connectivity index (χ0) is 19.0. The first kappa shape index (κ1) is 19.4. The van der Waals surface area contributed by atoms with Gasteiger partial charge in [-0.1, -0.05) is 17.7 Å². The van der Waals surface area contributed by atoms with E-state index in [-0.39, 0.29) is 9.92 Å². The lowest BCUT2D eigenvalue weighted by molar-refractivity contribution is 0.0949. The van der Waals surface area contributed by atoms with E-state index in [2.05, 4.69) is 0 Å². The van der Waals surface area contributed by atoms with Crippen molar-refractivity contribution in [3.63, 3.8) is 0 Å². The Morgan fingerprint density at radius 3 is 2.32 bits per heavy atom. The average Bonchev–Trinajstić information content (AvgIpc) is 3.00. The van der Waals surface area contributed by atoms with Crippen molar-refractivity contribution in [3.8, 4) is 0 Å². The molecule has 1 aromatic heterocycles.